The predicted molar refractivity (Wildman–Crippen MR) is 133 cm³/mol. The molecule has 1 unspecified atom stereocenters. The van der Waals surface area contributed by atoms with E-state index in [9.17, 15) is 9.59 Å². The van der Waals surface area contributed by atoms with Crippen LogP contribution in [0, 0.1) is 0 Å². The number of aromatic nitrogens is 4. The lowest BCUT2D eigenvalue weighted by Gasteiger charge is -2.12. The summed E-state index contributed by atoms with van der Waals surface area (Å²) in [5.41, 5.74) is 0.570. The van der Waals surface area contributed by atoms with Crippen LogP contribution in [0.1, 0.15) is 25.4 Å². The van der Waals surface area contributed by atoms with Crippen LogP contribution in [0.15, 0.2) is 58.4 Å². The van der Waals surface area contributed by atoms with Crippen LogP contribution >= 0.6 is 34.9 Å². The molecule has 1 N–H and O–H groups in total. The fourth-order valence-corrected chi connectivity index (χ4v) is 5.16. The first-order valence-corrected chi connectivity index (χ1v) is 13.0. The molecule has 2 heterocycles. The first kappa shape index (κ1) is 25.0. The zero-order valence-electron chi connectivity index (χ0n) is 18.4. The number of esters is 1. The van der Waals surface area contributed by atoms with E-state index in [-0.39, 0.29) is 18.3 Å². The molecule has 3 aromatic rings. The third-order valence-electron chi connectivity index (χ3n) is 4.28. The van der Waals surface area contributed by atoms with Crippen molar-refractivity contribution in [3.8, 4) is 0 Å². The highest BCUT2D eigenvalue weighted by atomic mass is 32.2. The maximum Gasteiger partial charge on any atom is 0.311 e. The van der Waals surface area contributed by atoms with Crippen molar-refractivity contribution < 1.29 is 14.3 Å². The summed E-state index contributed by atoms with van der Waals surface area (Å²) in [6.07, 6.45) is 1.87. The topological polar surface area (TPSA) is 99.0 Å². The maximum absolute atomic E-state index is 12.7. The van der Waals surface area contributed by atoms with Gasteiger partial charge in [0.15, 0.2) is 10.3 Å². The second-order valence-corrected chi connectivity index (χ2v) is 9.99. The van der Waals surface area contributed by atoms with Crippen molar-refractivity contribution in [2.45, 2.75) is 47.9 Å². The molecule has 1 aromatic carbocycles. The van der Waals surface area contributed by atoms with Crippen LogP contribution in [-0.2, 0) is 33.0 Å². The number of benzene rings is 1. The van der Waals surface area contributed by atoms with Crippen LogP contribution in [0.5, 0.6) is 0 Å². The number of amides is 1. The van der Waals surface area contributed by atoms with E-state index in [0.29, 0.717) is 34.9 Å². The molecule has 0 saturated carbocycles. The molecule has 1 atom stereocenters. The third-order valence-corrected chi connectivity index (χ3v) is 7.18. The van der Waals surface area contributed by atoms with Crippen molar-refractivity contribution in [2.24, 2.45) is 0 Å². The van der Waals surface area contributed by atoms with Crippen LogP contribution in [0.2, 0.25) is 0 Å². The quantitative estimate of drug-likeness (QED) is 0.220. The highest BCUT2D eigenvalue weighted by Crippen LogP contribution is 2.27. The van der Waals surface area contributed by atoms with E-state index in [4.69, 9.17) is 4.74 Å². The Kier molecular flexibility index (Phi) is 9.52. The summed E-state index contributed by atoms with van der Waals surface area (Å²) in [7, 11) is 0. The molecule has 0 spiro atoms. The molecule has 0 aliphatic carbocycles. The minimum absolute atomic E-state index is 0.0823. The first-order valence-electron chi connectivity index (χ1n) is 10.3. The number of hydrogen-bond acceptors (Lipinski definition) is 9. The molecule has 0 bridgehead atoms. The van der Waals surface area contributed by atoms with Crippen molar-refractivity contribution in [1.29, 1.82) is 0 Å². The lowest BCUT2D eigenvalue weighted by molar-refractivity contribution is -0.142. The summed E-state index contributed by atoms with van der Waals surface area (Å²) in [6.45, 7) is 8.26. The first-order chi connectivity index (χ1) is 16.0. The Hall–Kier alpha value is -2.63. The number of carbonyl (C=O) groups excluding carboxylic acids is 2. The van der Waals surface area contributed by atoms with Crippen LogP contribution < -0.4 is 5.32 Å². The average Bonchev–Trinajstić information content (AvgIpc) is 3.40. The van der Waals surface area contributed by atoms with Gasteiger partial charge >= 0.3 is 5.97 Å². The lowest BCUT2D eigenvalue weighted by Crippen LogP contribution is -2.23. The monoisotopic (exact) mass is 503 g/mol. The fraction of sp³-hybridized carbons (Fsp3) is 0.318. The summed E-state index contributed by atoms with van der Waals surface area (Å²) in [6, 6.07) is 10.1. The standard InChI is InChI=1S/C22H25N5O3S3/c1-4-11-27-18(14-31-17-9-7-6-8-10-17)25-26-22(27)33-15(3)20(29)24-21-23-16(13-32-21)12-19(28)30-5-2/h4,6-10,13,15H,1,5,11-12,14H2,2-3H3,(H,23,24,29). The molecule has 0 aliphatic heterocycles. The van der Waals surface area contributed by atoms with Gasteiger partial charge in [0, 0.05) is 16.8 Å². The van der Waals surface area contributed by atoms with Gasteiger partial charge in [-0.25, -0.2) is 4.98 Å². The van der Waals surface area contributed by atoms with E-state index >= 15 is 0 Å². The molecule has 174 valence electrons. The molecular formula is C22H25N5O3S3. The predicted octanol–water partition coefficient (Wildman–Crippen LogP) is 4.44. The Morgan fingerprint density at radius 2 is 2.09 bits per heavy atom. The SMILES string of the molecule is C=CCn1c(CSc2ccccc2)nnc1SC(C)C(=O)Nc1nc(CC(=O)OCC)cs1. The molecule has 3 rings (SSSR count). The Labute approximate surface area is 205 Å². The van der Waals surface area contributed by atoms with E-state index in [2.05, 4.69) is 39.2 Å². The Morgan fingerprint density at radius 1 is 1.30 bits per heavy atom. The fourth-order valence-electron chi connectivity index (χ4n) is 2.71. The summed E-state index contributed by atoms with van der Waals surface area (Å²) >= 11 is 4.28. The third kappa shape index (κ3) is 7.44. The number of allylic oxidation sites excluding steroid dienone is 1. The Balaban J connectivity index is 1.59. The van der Waals surface area contributed by atoms with E-state index in [1.54, 1.807) is 37.1 Å². The van der Waals surface area contributed by atoms with Crippen molar-refractivity contribution in [2.75, 3.05) is 11.9 Å². The molecular weight excluding hydrogens is 478 g/mol. The van der Waals surface area contributed by atoms with Gasteiger partial charge in [-0.15, -0.1) is 39.9 Å². The highest BCUT2D eigenvalue weighted by molar-refractivity contribution is 8.00. The van der Waals surface area contributed by atoms with Gasteiger partial charge in [0.25, 0.3) is 0 Å². The molecule has 1 amide bonds. The maximum atomic E-state index is 12.7. The highest BCUT2D eigenvalue weighted by Gasteiger charge is 2.21. The van der Waals surface area contributed by atoms with Gasteiger partial charge < -0.3 is 14.6 Å². The average molecular weight is 504 g/mol. The van der Waals surface area contributed by atoms with Crippen molar-refractivity contribution >= 4 is 51.9 Å². The Morgan fingerprint density at radius 3 is 2.82 bits per heavy atom. The van der Waals surface area contributed by atoms with Gasteiger partial charge in [-0.3, -0.25) is 9.59 Å². The van der Waals surface area contributed by atoms with Gasteiger partial charge in [0.1, 0.15) is 5.82 Å². The molecule has 11 heteroatoms. The van der Waals surface area contributed by atoms with E-state index in [0.717, 1.165) is 10.7 Å². The lowest BCUT2D eigenvalue weighted by atomic mass is 10.3. The molecule has 0 aliphatic rings. The summed E-state index contributed by atoms with van der Waals surface area (Å²) in [4.78, 5) is 29.7. The van der Waals surface area contributed by atoms with E-state index in [1.807, 2.05) is 22.8 Å². The largest absolute Gasteiger partial charge is 0.466 e. The van der Waals surface area contributed by atoms with Gasteiger partial charge in [0.05, 0.1) is 29.7 Å². The molecule has 0 saturated heterocycles. The van der Waals surface area contributed by atoms with E-state index in [1.165, 1.54) is 23.1 Å². The number of rotatable bonds is 12. The van der Waals surface area contributed by atoms with Gasteiger partial charge in [-0.2, -0.15) is 0 Å². The molecule has 0 radical (unpaired) electrons. The number of ether oxygens (including phenoxy) is 1. The number of nitrogens with one attached hydrogen (secondary N) is 1. The summed E-state index contributed by atoms with van der Waals surface area (Å²) < 4.78 is 6.90. The number of carbonyl (C=O) groups is 2. The number of hydrogen-bond donors (Lipinski definition) is 1. The van der Waals surface area contributed by atoms with Crippen molar-refractivity contribution in [3.05, 3.63) is 59.9 Å². The summed E-state index contributed by atoms with van der Waals surface area (Å²) in [5, 5.41) is 13.8. The smallest absolute Gasteiger partial charge is 0.311 e. The van der Waals surface area contributed by atoms with Crippen molar-refractivity contribution in [1.82, 2.24) is 19.7 Å². The van der Waals surface area contributed by atoms with Gasteiger partial charge in [-0.05, 0) is 26.0 Å². The van der Waals surface area contributed by atoms with Crippen LogP contribution in [0.4, 0.5) is 5.13 Å². The van der Waals surface area contributed by atoms with E-state index < -0.39 is 5.25 Å². The minimum Gasteiger partial charge on any atom is -0.466 e. The Bertz CT molecular complexity index is 1080. The molecule has 8 nitrogen and oxygen atoms in total. The van der Waals surface area contributed by atoms with Crippen LogP contribution in [-0.4, -0.2) is 43.5 Å². The molecule has 2 aromatic heterocycles. The van der Waals surface area contributed by atoms with Gasteiger partial charge in [0.2, 0.25) is 5.91 Å². The number of thioether (sulfide) groups is 2. The number of thiazole rings is 1. The second kappa shape index (κ2) is 12.6. The van der Waals surface area contributed by atoms with Crippen molar-refractivity contribution in [3.63, 3.8) is 0 Å². The molecule has 0 fully saturated rings. The second-order valence-electron chi connectivity index (χ2n) is 6.77. The van der Waals surface area contributed by atoms with Crippen LogP contribution in [0.25, 0.3) is 0 Å². The number of anilines is 1. The minimum atomic E-state index is -0.426. The molecule has 33 heavy (non-hydrogen) atoms. The van der Waals surface area contributed by atoms with Gasteiger partial charge in [-0.1, -0.05) is 36.0 Å². The normalized spacial score (nSPS) is 11.7. The zero-order valence-corrected chi connectivity index (χ0v) is 20.8. The summed E-state index contributed by atoms with van der Waals surface area (Å²) in [5.74, 6) is 0.939. The number of nitrogens with zero attached hydrogens (tertiary/aromatic N) is 4. The zero-order chi connectivity index (χ0) is 23.6. The van der Waals surface area contributed by atoms with Crippen LogP contribution in [0.3, 0.4) is 0 Å².